The van der Waals surface area contributed by atoms with Crippen LogP contribution in [0.5, 0.6) is 0 Å². The van der Waals surface area contributed by atoms with Gasteiger partial charge in [0.2, 0.25) is 5.82 Å². The Kier molecular flexibility index (Phi) is 2.79. The first-order chi connectivity index (χ1) is 12.2. The molecule has 5 rings (SSSR count). The Morgan fingerprint density at radius 3 is 2.84 bits per heavy atom. The fourth-order valence-corrected chi connectivity index (χ4v) is 2.99. The first-order valence-electron chi connectivity index (χ1n) is 7.82. The van der Waals surface area contributed by atoms with Gasteiger partial charge in [-0.2, -0.15) is 10.1 Å². The van der Waals surface area contributed by atoms with E-state index in [9.17, 15) is 0 Å². The van der Waals surface area contributed by atoms with Crippen LogP contribution in [0.2, 0.25) is 0 Å². The standard InChI is InChI=1S/C18H13N5O2/c1-10-19-13-9-11(7-8-15(13)24-10)17-20-18(25-22-17)16-12-5-3-4-6-14(12)23(2)21-16/h3-9H,1-2H3. The van der Waals surface area contributed by atoms with Gasteiger partial charge in [-0.05, 0) is 24.3 Å². The second-order valence-electron chi connectivity index (χ2n) is 5.83. The van der Waals surface area contributed by atoms with Crippen LogP contribution in [-0.2, 0) is 7.05 Å². The maximum absolute atomic E-state index is 5.50. The number of nitrogens with zero attached hydrogens (tertiary/aromatic N) is 5. The third-order valence-corrected chi connectivity index (χ3v) is 4.14. The Morgan fingerprint density at radius 1 is 1.04 bits per heavy atom. The van der Waals surface area contributed by atoms with E-state index in [0.717, 1.165) is 27.6 Å². The lowest BCUT2D eigenvalue weighted by atomic mass is 10.2. The van der Waals surface area contributed by atoms with Crippen LogP contribution in [-0.4, -0.2) is 24.9 Å². The lowest BCUT2D eigenvalue weighted by Crippen LogP contribution is -1.89. The number of rotatable bonds is 2. The molecule has 0 aliphatic carbocycles. The number of fused-ring (bicyclic) bond motifs is 2. The van der Waals surface area contributed by atoms with Gasteiger partial charge in [0.1, 0.15) is 5.52 Å². The van der Waals surface area contributed by atoms with E-state index >= 15 is 0 Å². The quantitative estimate of drug-likeness (QED) is 0.490. The minimum atomic E-state index is 0.392. The molecular formula is C18H13N5O2. The van der Waals surface area contributed by atoms with Crippen LogP contribution in [0.3, 0.4) is 0 Å². The minimum absolute atomic E-state index is 0.392. The lowest BCUT2D eigenvalue weighted by Gasteiger charge is -1.92. The van der Waals surface area contributed by atoms with E-state index in [1.165, 1.54) is 0 Å². The fourth-order valence-electron chi connectivity index (χ4n) is 2.99. The minimum Gasteiger partial charge on any atom is -0.441 e. The summed E-state index contributed by atoms with van der Waals surface area (Å²) in [5.41, 5.74) is 4.01. The molecule has 0 atom stereocenters. The molecule has 7 heteroatoms. The molecule has 0 bridgehead atoms. The van der Waals surface area contributed by atoms with E-state index in [2.05, 4.69) is 20.2 Å². The maximum atomic E-state index is 5.50. The molecule has 0 fully saturated rings. The fraction of sp³-hybridized carbons (Fsp3) is 0.111. The zero-order valence-electron chi connectivity index (χ0n) is 13.6. The summed E-state index contributed by atoms with van der Waals surface area (Å²) in [5, 5.41) is 9.59. The van der Waals surface area contributed by atoms with Gasteiger partial charge in [-0.3, -0.25) is 4.68 Å². The Hall–Kier alpha value is -3.48. The first-order valence-corrected chi connectivity index (χ1v) is 7.82. The maximum Gasteiger partial charge on any atom is 0.279 e. The number of oxazole rings is 1. The van der Waals surface area contributed by atoms with Gasteiger partial charge < -0.3 is 8.94 Å². The largest absolute Gasteiger partial charge is 0.441 e. The second kappa shape index (κ2) is 5.01. The van der Waals surface area contributed by atoms with Gasteiger partial charge in [0.25, 0.3) is 5.89 Å². The van der Waals surface area contributed by atoms with Crippen molar-refractivity contribution in [3.05, 3.63) is 48.4 Å². The van der Waals surface area contributed by atoms with E-state index in [0.29, 0.717) is 23.3 Å². The summed E-state index contributed by atoms with van der Waals surface area (Å²) < 4.78 is 12.8. The number of para-hydroxylation sites is 1. The van der Waals surface area contributed by atoms with Crippen LogP contribution in [0.25, 0.3) is 45.0 Å². The van der Waals surface area contributed by atoms with Gasteiger partial charge in [0.15, 0.2) is 17.2 Å². The van der Waals surface area contributed by atoms with Gasteiger partial charge in [-0.1, -0.05) is 23.4 Å². The van der Waals surface area contributed by atoms with Gasteiger partial charge >= 0.3 is 0 Å². The van der Waals surface area contributed by atoms with Crippen molar-refractivity contribution >= 4 is 22.0 Å². The molecule has 3 heterocycles. The van der Waals surface area contributed by atoms with Crippen molar-refractivity contribution in [2.75, 3.05) is 0 Å². The highest BCUT2D eigenvalue weighted by atomic mass is 16.5. The van der Waals surface area contributed by atoms with E-state index in [1.807, 2.05) is 56.4 Å². The van der Waals surface area contributed by atoms with Crippen LogP contribution >= 0.6 is 0 Å². The number of benzene rings is 2. The molecule has 2 aromatic carbocycles. The molecule has 5 aromatic rings. The smallest absolute Gasteiger partial charge is 0.279 e. The number of hydrogen-bond acceptors (Lipinski definition) is 6. The van der Waals surface area contributed by atoms with Gasteiger partial charge in [-0.15, -0.1) is 0 Å². The molecule has 122 valence electrons. The number of aromatic nitrogens is 5. The molecule has 0 radical (unpaired) electrons. The molecule has 0 aliphatic rings. The molecule has 3 aromatic heterocycles. The summed E-state index contributed by atoms with van der Waals surface area (Å²) in [5.74, 6) is 1.51. The average molecular weight is 331 g/mol. The number of hydrogen-bond donors (Lipinski definition) is 0. The van der Waals surface area contributed by atoms with E-state index in [4.69, 9.17) is 8.94 Å². The average Bonchev–Trinajstić information content (AvgIpc) is 3.31. The molecule has 25 heavy (non-hydrogen) atoms. The van der Waals surface area contributed by atoms with Crippen molar-refractivity contribution in [1.82, 2.24) is 24.9 Å². The second-order valence-corrected chi connectivity index (χ2v) is 5.83. The molecule has 0 aliphatic heterocycles. The van der Waals surface area contributed by atoms with Crippen LogP contribution < -0.4 is 0 Å². The van der Waals surface area contributed by atoms with Crippen LogP contribution in [0.4, 0.5) is 0 Å². The van der Waals surface area contributed by atoms with Gasteiger partial charge in [0.05, 0.1) is 5.52 Å². The Balaban J connectivity index is 1.62. The molecule has 0 amide bonds. The summed E-state index contributed by atoms with van der Waals surface area (Å²) in [6.07, 6.45) is 0. The molecular weight excluding hydrogens is 318 g/mol. The summed E-state index contributed by atoms with van der Waals surface area (Å²) in [4.78, 5) is 8.86. The summed E-state index contributed by atoms with van der Waals surface area (Å²) in [7, 11) is 1.89. The van der Waals surface area contributed by atoms with E-state index in [-0.39, 0.29) is 0 Å². The highest BCUT2D eigenvalue weighted by Crippen LogP contribution is 2.29. The zero-order chi connectivity index (χ0) is 17.0. The van der Waals surface area contributed by atoms with Crippen molar-refractivity contribution in [1.29, 1.82) is 0 Å². The van der Waals surface area contributed by atoms with Crippen molar-refractivity contribution in [2.45, 2.75) is 6.92 Å². The molecule has 0 spiro atoms. The SMILES string of the molecule is Cc1nc2cc(-c3noc(-c4nn(C)c5ccccc45)n3)ccc2o1. The molecule has 0 unspecified atom stereocenters. The third kappa shape index (κ3) is 2.13. The monoisotopic (exact) mass is 331 g/mol. The topological polar surface area (TPSA) is 82.8 Å². The van der Waals surface area contributed by atoms with Crippen LogP contribution in [0.15, 0.2) is 51.4 Å². The lowest BCUT2D eigenvalue weighted by molar-refractivity contribution is 0.431. The Labute approximate surface area is 141 Å². The predicted octanol–water partition coefficient (Wildman–Crippen LogP) is 3.74. The summed E-state index contributed by atoms with van der Waals surface area (Å²) in [6.45, 7) is 1.82. The van der Waals surface area contributed by atoms with Crippen LogP contribution in [0, 0.1) is 6.92 Å². The predicted molar refractivity (Wildman–Crippen MR) is 91.7 cm³/mol. The first kappa shape index (κ1) is 13.9. The van der Waals surface area contributed by atoms with Gasteiger partial charge in [-0.25, -0.2) is 4.98 Å². The number of aryl methyl sites for hydroxylation is 2. The van der Waals surface area contributed by atoms with Crippen molar-refractivity contribution in [3.63, 3.8) is 0 Å². The van der Waals surface area contributed by atoms with Crippen molar-refractivity contribution in [2.24, 2.45) is 7.05 Å². The molecule has 7 nitrogen and oxygen atoms in total. The third-order valence-electron chi connectivity index (χ3n) is 4.14. The normalized spacial score (nSPS) is 11.6. The summed E-state index contributed by atoms with van der Waals surface area (Å²) in [6, 6.07) is 13.6. The Bertz CT molecular complexity index is 1230. The highest BCUT2D eigenvalue weighted by Gasteiger charge is 2.18. The molecule has 0 saturated carbocycles. The summed E-state index contributed by atoms with van der Waals surface area (Å²) >= 11 is 0. The van der Waals surface area contributed by atoms with E-state index < -0.39 is 0 Å². The van der Waals surface area contributed by atoms with Crippen molar-refractivity contribution < 1.29 is 8.94 Å². The molecule has 0 N–H and O–H groups in total. The van der Waals surface area contributed by atoms with Crippen molar-refractivity contribution in [3.8, 4) is 23.0 Å². The van der Waals surface area contributed by atoms with Gasteiger partial charge in [0, 0.05) is 24.9 Å². The molecule has 0 saturated heterocycles. The highest BCUT2D eigenvalue weighted by molar-refractivity contribution is 5.91. The zero-order valence-corrected chi connectivity index (χ0v) is 13.6. The van der Waals surface area contributed by atoms with Crippen LogP contribution in [0.1, 0.15) is 5.89 Å². The van der Waals surface area contributed by atoms with E-state index in [1.54, 1.807) is 4.68 Å². The Morgan fingerprint density at radius 2 is 1.92 bits per heavy atom.